The van der Waals surface area contributed by atoms with Crippen molar-refractivity contribution in [2.75, 3.05) is 19.8 Å². The lowest BCUT2D eigenvalue weighted by atomic mass is 10.2. The van der Waals surface area contributed by atoms with Gasteiger partial charge >= 0.3 is 0 Å². The lowest BCUT2D eigenvalue weighted by molar-refractivity contribution is -0.922. The van der Waals surface area contributed by atoms with Crippen LogP contribution in [0.4, 0.5) is 0 Å². The van der Waals surface area contributed by atoms with E-state index in [-0.39, 0.29) is 24.0 Å². The molecule has 3 atom stereocenters. The van der Waals surface area contributed by atoms with Gasteiger partial charge in [0.1, 0.15) is 25.3 Å². The highest BCUT2D eigenvalue weighted by Crippen LogP contribution is 2.09. The zero-order chi connectivity index (χ0) is 11.7. The number of nitrogens with zero attached hydrogens (tertiary/aromatic N) is 1. The molecule has 2 aliphatic rings. The zero-order valence-electron chi connectivity index (χ0n) is 9.86. The average Bonchev–Trinajstić information content (AvgIpc) is 2.48. The fraction of sp³-hybridized carbons (Fsp3) is 0.818. The van der Waals surface area contributed by atoms with Crippen molar-refractivity contribution in [1.82, 2.24) is 4.90 Å². The molecule has 2 aliphatic heterocycles. The molecule has 2 heterocycles. The number of carbonyl (C=O) groups excluding carboxylic acids is 2. The molecule has 0 aromatic carbocycles. The van der Waals surface area contributed by atoms with E-state index >= 15 is 0 Å². The van der Waals surface area contributed by atoms with Crippen molar-refractivity contribution in [3.8, 4) is 0 Å². The SMILES string of the molecule is C[C@@H]1C[NH+](CN2C(=O)CCC2=O)C[C@H](C)O1. The maximum Gasteiger partial charge on any atom is 0.234 e. The van der Waals surface area contributed by atoms with Gasteiger partial charge in [0.25, 0.3) is 0 Å². The Morgan fingerprint density at radius 1 is 1.19 bits per heavy atom. The van der Waals surface area contributed by atoms with Crippen molar-refractivity contribution in [2.45, 2.75) is 38.9 Å². The predicted octanol–water partition coefficient (Wildman–Crippen LogP) is -1.21. The monoisotopic (exact) mass is 227 g/mol. The van der Waals surface area contributed by atoms with E-state index in [1.807, 2.05) is 13.8 Å². The highest BCUT2D eigenvalue weighted by atomic mass is 16.5. The minimum absolute atomic E-state index is 0.0238. The fourth-order valence-corrected chi connectivity index (χ4v) is 2.54. The van der Waals surface area contributed by atoms with Crippen LogP contribution in [-0.2, 0) is 14.3 Å². The first kappa shape index (κ1) is 11.5. The Labute approximate surface area is 95.3 Å². The number of quaternary nitrogens is 1. The van der Waals surface area contributed by atoms with Gasteiger partial charge in [0.15, 0.2) is 6.67 Å². The van der Waals surface area contributed by atoms with E-state index in [0.29, 0.717) is 19.5 Å². The summed E-state index contributed by atoms with van der Waals surface area (Å²) in [5.41, 5.74) is 0. The van der Waals surface area contributed by atoms with Crippen molar-refractivity contribution < 1.29 is 19.2 Å². The van der Waals surface area contributed by atoms with Gasteiger partial charge in [-0.2, -0.15) is 0 Å². The van der Waals surface area contributed by atoms with Crippen LogP contribution in [0.5, 0.6) is 0 Å². The molecule has 90 valence electrons. The molecular weight excluding hydrogens is 208 g/mol. The number of nitrogens with one attached hydrogen (secondary N) is 1. The van der Waals surface area contributed by atoms with Crippen LogP contribution in [0.2, 0.25) is 0 Å². The lowest BCUT2D eigenvalue weighted by Crippen LogP contribution is -3.16. The first-order valence-electron chi connectivity index (χ1n) is 5.88. The van der Waals surface area contributed by atoms with Gasteiger partial charge in [-0.05, 0) is 13.8 Å². The van der Waals surface area contributed by atoms with Crippen LogP contribution >= 0.6 is 0 Å². The highest BCUT2D eigenvalue weighted by molar-refractivity contribution is 6.01. The summed E-state index contributed by atoms with van der Waals surface area (Å²) in [6, 6.07) is 0. The topological polar surface area (TPSA) is 51.0 Å². The summed E-state index contributed by atoms with van der Waals surface area (Å²) in [6.07, 6.45) is 1.17. The van der Waals surface area contributed by atoms with E-state index in [4.69, 9.17) is 4.74 Å². The molecule has 0 bridgehead atoms. The first-order valence-corrected chi connectivity index (χ1v) is 5.88. The Morgan fingerprint density at radius 3 is 2.19 bits per heavy atom. The number of carbonyl (C=O) groups is 2. The van der Waals surface area contributed by atoms with E-state index in [1.165, 1.54) is 9.80 Å². The van der Waals surface area contributed by atoms with Gasteiger partial charge in [-0.15, -0.1) is 0 Å². The maximum atomic E-state index is 11.5. The zero-order valence-corrected chi connectivity index (χ0v) is 9.86. The maximum absolute atomic E-state index is 11.5. The van der Waals surface area contributed by atoms with Crippen LogP contribution in [0.1, 0.15) is 26.7 Å². The summed E-state index contributed by atoms with van der Waals surface area (Å²) in [5, 5.41) is 0. The fourth-order valence-electron chi connectivity index (χ4n) is 2.54. The molecule has 5 nitrogen and oxygen atoms in total. The molecule has 0 aliphatic carbocycles. The standard InChI is InChI=1S/C11H18N2O3/c1-8-5-12(6-9(2)16-8)7-13-10(14)3-4-11(13)15/h8-9H,3-7H2,1-2H3/p+1/t8-,9+. The Bertz CT molecular complexity index is 280. The third-order valence-corrected chi connectivity index (χ3v) is 3.15. The second kappa shape index (κ2) is 4.51. The molecule has 2 fully saturated rings. The third kappa shape index (κ3) is 2.41. The summed E-state index contributed by atoms with van der Waals surface area (Å²) in [7, 11) is 0. The van der Waals surface area contributed by atoms with Gasteiger partial charge in [-0.25, -0.2) is 4.90 Å². The average molecular weight is 227 g/mol. The van der Waals surface area contributed by atoms with Gasteiger partial charge in [0.05, 0.1) is 0 Å². The van der Waals surface area contributed by atoms with Gasteiger partial charge in [-0.1, -0.05) is 0 Å². The number of morpholine rings is 1. The highest BCUT2D eigenvalue weighted by Gasteiger charge is 2.34. The largest absolute Gasteiger partial charge is 0.364 e. The quantitative estimate of drug-likeness (QED) is 0.602. The molecule has 0 aromatic heterocycles. The van der Waals surface area contributed by atoms with Crippen molar-refractivity contribution in [2.24, 2.45) is 0 Å². The summed E-state index contributed by atoms with van der Waals surface area (Å²) in [5.74, 6) is -0.0476. The van der Waals surface area contributed by atoms with Crippen LogP contribution in [0.3, 0.4) is 0 Å². The van der Waals surface area contributed by atoms with Crippen LogP contribution in [-0.4, -0.2) is 48.7 Å². The van der Waals surface area contributed by atoms with Crippen molar-refractivity contribution in [3.05, 3.63) is 0 Å². The summed E-state index contributed by atoms with van der Waals surface area (Å²) < 4.78 is 5.63. The molecular formula is C11H19N2O3+. The summed E-state index contributed by atoms with van der Waals surface area (Å²) in [4.78, 5) is 25.6. The smallest absolute Gasteiger partial charge is 0.234 e. The van der Waals surface area contributed by atoms with Gasteiger partial charge < -0.3 is 9.64 Å². The number of imide groups is 1. The van der Waals surface area contributed by atoms with E-state index in [2.05, 4.69) is 0 Å². The van der Waals surface area contributed by atoms with Gasteiger partial charge in [0, 0.05) is 12.8 Å². The minimum atomic E-state index is -0.0238. The van der Waals surface area contributed by atoms with E-state index in [9.17, 15) is 9.59 Å². The Morgan fingerprint density at radius 2 is 1.69 bits per heavy atom. The van der Waals surface area contributed by atoms with Crippen molar-refractivity contribution in [3.63, 3.8) is 0 Å². The Hall–Kier alpha value is -0.940. The molecule has 5 heteroatoms. The first-order chi connectivity index (χ1) is 7.56. The molecule has 1 unspecified atom stereocenters. The van der Waals surface area contributed by atoms with E-state index in [1.54, 1.807) is 0 Å². The van der Waals surface area contributed by atoms with Crippen LogP contribution < -0.4 is 4.90 Å². The van der Waals surface area contributed by atoms with Crippen molar-refractivity contribution >= 4 is 11.8 Å². The summed E-state index contributed by atoms with van der Waals surface area (Å²) in [6.45, 7) is 6.30. The van der Waals surface area contributed by atoms with Gasteiger partial charge in [0.2, 0.25) is 11.8 Å². The molecule has 0 radical (unpaired) electrons. The van der Waals surface area contributed by atoms with E-state index < -0.39 is 0 Å². The molecule has 16 heavy (non-hydrogen) atoms. The number of ether oxygens (including phenoxy) is 1. The number of amides is 2. The molecule has 0 saturated carbocycles. The number of hydrogen-bond acceptors (Lipinski definition) is 3. The number of rotatable bonds is 2. The lowest BCUT2D eigenvalue weighted by Gasteiger charge is -2.33. The predicted molar refractivity (Wildman–Crippen MR) is 56.7 cm³/mol. The van der Waals surface area contributed by atoms with Crippen LogP contribution in [0.15, 0.2) is 0 Å². The van der Waals surface area contributed by atoms with Crippen LogP contribution in [0.25, 0.3) is 0 Å². The van der Waals surface area contributed by atoms with Crippen molar-refractivity contribution in [1.29, 1.82) is 0 Å². The molecule has 1 N–H and O–H groups in total. The molecule has 0 spiro atoms. The van der Waals surface area contributed by atoms with E-state index in [0.717, 1.165) is 13.1 Å². The van der Waals surface area contributed by atoms with Crippen LogP contribution in [0, 0.1) is 0 Å². The molecule has 0 aromatic rings. The Balaban J connectivity index is 1.93. The molecule has 2 amide bonds. The minimum Gasteiger partial charge on any atom is -0.364 e. The second-order valence-electron chi connectivity index (χ2n) is 4.79. The molecule has 2 saturated heterocycles. The van der Waals surface area contributed by atoms with Gasteiger partial charge in [-0.3, -0.25) is 9.59 Å². The molecule has 2 rings (SSSR count). The number of likely N-dealkylation sites (tertiary alicyclic amines) is 1. The summed E-state index contributed by atoms with van der Waals surface area (Å²) >= 11 is 0. The number of hydrogen-bond donors (Lipinski definition) is 1. The normalized spacial score (nSPS) is 35.9. The second-order valence-corrected chi connectivity index (χ2v) is 4.79. The third-order valence-electron chi connectivity index (χ3n) is 3.15. The Kier molecular flexibility index (Phi) is 3.25.